The average Bonchev–Trinajstić information content (AvgIpc) is 2.83. The number of thiophene rings is 1. The van der Waals surface area contributed by atoms with Crippen LogP contribution in [0.3, 0.4) is 0 Å². The molecule has 6 heteroatoms. The van der Waals surface area contributed by atoms with Gasteiger partial charge in [0.05, 0.1) is 17.8 Å². The van der Waals surface area contributed by atoms with Crippen molar-refractivity contribution in [3.05, 3.63) is 28.0 Å². The largest absolute Gasteiger partial charge is 0.478 e. The van der Waals surface area contributed by atoms with Crippen LogP contribution in [0.15, 0.2) is 17.5 Å². The topological polar surface area (TPSA) is 66.8 Å². The third kappa shape index (κ3) is 3.68. The number of rotatable bonds is 3. The first kappa shape index (κ1) is 14.7. The zero-order chi connectivity index (χ0) is 14.7. The van der Waals surface area contributed by atoms with Crippen LogP contribution in [0.5, 0.6) is 0 Å². The van der Waals surface area contributed by atoms with Crippen molar-refractivity contribution in [2.75, 3.05) is 13.1 Å². The molecular weight excluding hydrogens is 278 g/mol. The summed E-state index contributed by atoms with van der Waals surface area (Å²) in [6, 6.07) is 1.72. The molecule has 0 bridgehead atoms. The van der Waals surface area contributed by atoms with Crippen molar-refractivity contribution in [3.8, 4) is 0 Å². The van der Waals surface area contributed by atoms with E-state index in [4.69, 9.17) is 9.84 Å². The van der Waals surface area contributed by atoms with Crippen molar-refractivity contribution in [2.24, 2.45) is 0 Å². The molecule has 0 aliphatic carbocycles. The molecule has 1 saturated heterocycles. The Morgan fingerprint density at radius 3 is 2.65 bits per heavy atom. The number of carboxylic acids is 1. The maximum atomic E-state index is 12.4. The van der Waals surface area contributed by atoms with Gasteiger partial charge in [0.15, 0.2) is 0 Å². The Hall–Kier alpha value is -1.66. The molecule has 2 atom stereocenters. The first-order valence-corrected chi connectivity index (χ1v) is 7.28. The van der Waals surface area contributed by atoms with Crippen LogP contribution < -0.4 is 0 Å². The van der Waals surface area contributed by atoms with E-state index in [0.29, 0.717) is 18.7 Å². The fraction of sp³-hybridized carbons (Fsp3) is 0.429. The Balaban J connectivity index is 2.07. The van der Waals surface area contributed by atoms with Gasteiger partial charge < -0.3 is 14.7 Å². The monoisotopic (exact) mass is 295 g/mol. The molecule has 0 unspecified atom stereocenters. The first-order chi connectivity index (χ1) is 9.45. The lowest BCUT2D eigenvalue weighted by Gasteiger charge is -2.35. The number of hydrogen-bond acceptors (Lipinski definition) is 4. The summed E-state index contributed by atoms with van der Waals surface area (Å²) >= 11 is 1.36. The Bertz CT molecular complexity index is 527. The number of hydrogen-bond donors (Lipinski definition) is 1. The second-order valence-corrected chi connectivity index (χ2v) is 5.82. The maximum absolute atomic E-state index is 12.4. The molecule has 1 aliphatic rings. The minimum Gasteiger partial charge on any atom is -0.478 e. The van der Waals surface area contributed by atoms with E-state index in [0.717, 1.165) is 11.0 Å². The van der Waals surface area contributed by atoms with Crippen LogP contribution in [-0.4, -0.2) is 47.2 Å². The summed E-state index contributed by atoms with van der Waals surface area (Å²) in [4.78, 5) is 25.4. The van der Waals surface area contributed by atoms with Crippen molar-refractivity contribution in [3.63, 3.8) is 0 Å². The zero-order valence-electron chi connectivity index (χ0n) is 11.4. The normalized spacial score (nSPS) is 23.2. The van der Waals surface area contributed by atoms with E-state index in [-0.39, 0.29) is 18.1 Å². The summed E-state index contributed by atoms with van der Waals surface area (Å²) in [5.41, 5.74) is 0.598. The highest BCUT2D eigenvalue weighted by molar-refractivity contribution is 7.11. The lowest BCUT2D eigenvalue weighted by atomic mass is 10.2. The minimum absolute atomic E-state index is 0.0294. The van der Waals surface area contributed by atoms with Gasteiger partial charge in [-0.3, -0.25) is 4.79 Å². The molecule has 1 aromatic rings. The van der Waals surface area contributed by atoms with Crippen LogP contribution in [0.2, 0.25) is 0 Å². The second kappa shape index (κ2) is 6.19. The van der Waals surface area contributed by atoms with Gasteiger partial charge >= 0.3 is 5.97 Å². The van der Waals surface area contributed by atoms with Gasteiger partial charge in [-0.1, -0.05) is 0 Å². The van der Waals surface area contributed by atoms with Gasteiger partial charge in [0.1, 0.15) is 0 Å². The Morgan fingerprint density at radius 2 is 2.05 bits per heavy atom. The quantitative estimate of drug-likeness (QED) is 0.867. The van der Waals surface area contributed by atoms with Gasteiger partial charge in [0.2, 0.25) is 0 Å². The summed E-state index contributed by atoms with van der Waals surface area (Å²) in [6.45, 7) is 5.06. The highest BCUT2D eigenvalue weighted by atomic mass is 32.1. The van der Waals surface area contributed by atoms with Crippen LogP contribution in [0, 0.1) is 0 Å². The molecule has 108 valence electrons. The highest BCUT2D eigenvalue weighted by Gasteiger charge is 2.26. The van der Waals surface area contributed by atoms with Crippen molar-refractivity contribution in [1.29, 1.82) is 0 Å². The number of amides is 1. The molecule has 1 N–H and O–H groups in total. The van der Waals surface area contributed by atoms with Gasteiger partial charge in [0.25, 0.3) is 5.91 Å². The molecule has 0 saturated carbocycles. The molecule has 20 heavy (non-hydrogen) atoms. The number of ether oxygens (including phenoxy) is 1. The number of carbonyl (C=O) groups is 2. The zero-order valence-corrected chi connectivity index (χ0v) is 12.2. The smallest absolute Gasteiger partial charge is 0.328 e. The van der Waals surface area contributed by atoms with E-state index in [1.165, 1.54) is 17.4 Å². The van der Waals surface area contributed by atoms with E-state index in [9.17, 15) is 9.59 Å². The van der Waals surface area contributed by atoms with E-state index >= 15 is 0 Å². The number of aliphatic carboxylic acids is 1. The van der Waals surface area contributed by atoms with Gasteiger partial charge in [-0.05, 0) is 26.0 Å². The van der Waals surface area contributed by atoms with Gasteiger partial charge in [0, 0.05) is 29.4 Å². The molecule has 1 fully saturated rings. The first-order valence-electron chi connectivity index (χ1n) is 6.40. The summed E-state index contributed by atoms with van der Waals surface area (Å²) in [5.74, 6) is -1.03. The molecule has 1 amide bonds. The predicted molar refractivity (Wildman–Crippen MR) is 76.9 cm³/mol. The van der Waals surface area contributed by atoms with Crippen LogP contribution >= 0.6 is 11.3 Å². The maximum Gasteiger partial charge on any atom is 0.328 e. The Morgan fingerprint density at radius 1 is 1.40 bits per heavy atom. The lowest BCUT2D eigenvalue weighted by molar-refractivity contribution is -0.131. The van der Waals surface area contributed by atoms with Crippen LogP contribution in [0.4, 0.5) is 0 Å². The predicted octanol–water partition coefficient (Wildman–Crippen LogP) is 2.10. The molecule has 0 aromatic carbocycles. The SMILES string of the molecule is C[C@@H]1CN(C(=O)c2csc(/C=C/C(=O)O)c2)C[C@H](C)O1. The lowest BCUT2D eigenvalue weighted by Crippen LogP contribution is -2.48. The fourth-order valence-corrected chi connectivity index (χ4v) is 3.01. The van der Waals surface area contributed by atoms with Gasteiger partial charge in [-0.2, -0.15) is 0 Å². The molecule has 1 aliphatic heterocycles. The van der Waals surface area contributed by atoms with E-state index in [1.807, 2.05) is 13.8 Å². The summed E-state index contributed by atoms with van der Waals surface area (Å²) in [7, 11) is 0. The van der Waals surface area contributed by atoms with Crippen LogP contribution in [0.1, 0.15) is 29.1 Å². The van der Waals surface area contributed by atoms with Crippen LogP contribution in [-0.2, 0) is 9.53 Å². The fourth-order valence-electron chi connectivity index (χ4n) is 2.23. The molecule has 0 radical (unpaired) electrons. The second-order valence-electron chi connectivity index (χ2n) is 4.88. The molecule has 2 heterocycles. The van der Waals surface area contributed by atoms with Crippen molar-refractivity contribution in [1.82, 2.24) is 4.90 Å². The molecule has 5 nitrogen and oxygen atoms in total. The van der Waals surface area contributed by atoms with Crippen LogP contribution in [0.25, 0.3) is 6.08 Å². The molecule has 2 rings (SSSR count). The van der Waals surface area contributed by atoms with Crippen molar-refractivity contribution in [2.45, 2.75) is 26.1 Å². The highest BCUT2D eigenvalue weighted by Crippen LogP contribution is 2.20. The minimum atomic E-state index is -0.998. The Labute approximate surface area is 121 Å². The molecule has 0 spiro atoms. The van der Waals surface area contributed by atoms with Gasteiger partial charge in [-0.15, -0.1) is 11.3 Å². The third-order valence-corrected chi connectivity index (χ3v) is 3.86. The van der Waals surface area contributed by atoms with Gasteiger partial charge in [-0.25, -0.2) is 4.79 Å². The van der Waals surface area contributed by atoms with E-state index in [2.05, 4.69) is 0 Å². The van der Waals surface area contributed by atoms with E-state index < -0.39 is 5.97 Å². The number of nitrogens with zero attached hydrogens (tertiary/aromatic N) is 1. The van der Waals surface area contributed by atoms with Crippen molar-refractivity contribution < 1.29 is 19.4 Å². The third-order valence-electron chi connectivity index (χ3n) is 2.96. The van der Waals surface area contributed by atoms with Crippen molar-refractivity contribution >= 4 is 29.3 Å². The Kier molecular flexibility index (Phi) is 4.57. The number of morpholine rings is 1. The molecule has 1 aromatic heterocycles. The summed E-state index contributed by atoms with van der Waals surface area (Å²) in [6.07, 6.45) is 2.63. The number of carbonyl (C=O) groups excluding carboxylic acids is 1. The standard InChI is InChI=1S/C14H17NO4S/c1-9-6-15(7-10(2)19-9)14(18)11-5-12(20-8-11)3-4-13(16)17/h3-5,8-10H,6-7H2,1-2H3,(H,16,17)/b4-3+/t9-,10+. The number of carboxylic acid groups (broad SMARTS) is 1. The average molecular weight is 295 g/mol. The van der Waals surface area contributed by atoms with E-state index in [1.54, 1.807) is 16.3 Å². The summed E-state index contributed by atoms with van der Waals surface area (Å²) < 4.78 is 5.60. The molecular formula is C14H17NO4S. The summed E-state index contributed by atoms with van der Waals surface area (Å²) in [5, 5.41) is 10.3.